The molecule has 128 valence electrons. The molecule has 0 aromatic carbocycles. The van der Waals surface area contributed by atoms with Gasteiger partial charge in [0.25, 0.3) is 5.91 Å². The van der Waals surface area contributed by atoms with Crippen LogP contribution in [0, 0.1) is 13.8 Å². The molecule has 2 aromatic heterocycles. The number of carboxylic acids is 1. The highest BCUT2D eigenvalue weighted by atomic mass is 16.4. The number of aryl methyl sites for hydroxylation is 1. The minimum Gasteiger partial charge on any atom is -0.481 e. The second-order valence-corrected chi connectivity index (χ2v) is 5.71. The Labute approximate surface area is 143 Å². The van der Waals surface area contributed by atoms with Gasteiger partial charge >= 0.3 is 5.97 Å². The molecule has 8 nitrogen and oxygen atoms in total. The molecule has 1 aliphatic heterocycles. The van der Waals surface area contributed by atoms with Crippen molar-refractivity contribution in [2.75, 3.05) is 0 Å². The number of amides is 1. The highest BCUT2D eigenvalue weighted by Gasteiger charge is 2.25. The molecule has 0 fully saturated rings. The lowest BCUT2D eigenvalue weighted by Crippen LogP contribution is -2.14. The lowest BCUT2D eigenvalue weighted by Gasteiger charge is -2.01. The summed E-state index contributed by atoms with van der Waals surface area (Å²) >= 11 is 0. The Bertz CT molecular complexity index is 897. The van der Waals surface area contributed by atoms with E-state index in [2.05, 4.69) is 25.5 Å². The first-order chi connectivity index (χ1) is 12.0. The maximum Gasteiger partial charge on any atom is 0.303 e. The maximum absolute atomic E-state index is 12.2. The molecule has 0 saturated heterocycles. The maximum atomic E-state index is 12.2. The van der Waals surface area contributed by atoms with Crippen molar-refractivity contribution >= 4 is 23.7 Å². The highest BCUT2D eigenvalue weighted by molar-refractivity contribution is 6.32. The van der Waals surface area contributed by atoms with Crippen LogP contribution < -0.4 is 5.43 Å². The molecular weight excluding hydrogens is 322 g/mol. The number of carbonyl (C=O) groups excluding carboxylic acids is 1. The lowest BCUT2D eigenvalue weighted by atomic mass is 10.0. The van der Waals surface area contributed by atoms with E-state index in [4.69, 9.17) is 5.11 Å². The van der Waals surface area contributed by atoms with Crippen molar-refractivity contribution in [2.24, 2.45) is 5.10 Å². The van der Waals surface area contributed by atoms with Crippen molar-refractivity contribution < 1.29 is 14.7 Å². The van der Waals surface area contributed by atoms with Gasteiger partial charge in [0.1, 0.15) is 12.0 Å². The van der Waals surface area contributed by atoms with Crippen LogP contribution in [0.5, 0.6) is 0 Å². The minimum absolute atomic E-state index is 0.0592. The Kier molecular flexibility index (Phi) is 4.42. The second-order valence-electron chi connectivity index (χ2n) is 5.71. The van der Waals surface area contributed by atoms with E-state index in [9.17, 15) is 9.59 Å². The van der Waals surface area contributed by atoms with Crippen LogP contribution in [-0.2, 0) is 16.0 Å². The molecule has 0 bridgehead atoms. The van der Waals surface area contributed by atoms with Gasteiger partial charge in [-0.2, -0.15) is 5.10 Å². The molecule has 0 spiro atoms. The van der Waals surface area contributed by atoms with Crippen molar-refractivity contribution in [2.45, 2.75) is 26.7 Å². The third kappa shape index (κ3) is 3.32. The molecule has 25 heavy (non-hydrogen) atoms. The number of rotatable bonds is 5. The molecule has 0 unspecified atom stereocenters. The largest absolute Gasteiger partial charge is 0.481 e. The Morgan fingerprint density at radius 2 is 2.16 bits per heavy atom. The second kappa shape index (κ2) is 6.68. The Balaban J connectivity index is 1.97. The van der Waals surface area contributed by atoms with E-state index in [0.717, 1.165) is 22.5 Å². The van der Waals surface area contributed by atoms with E-state index in [0.29, 0.717) is 23.4 Å². The van der Waals surface area contributed by atoms with Crippen LogP contribution in [0.4, 0.5) is 0 Å². The first-order valence-corrected chi connectivity index (χ1v) is 7.73. The zero-order valence-electron chi connectivity index (χ0n) is 13.8. The standard InChI is InChI=1S/C17H17N5O3/c1-9-11(3-4-15(23)24)10(2)20-14(9)7-12-16(21-22-17(12)25)13-5-6-18-8-19-13/h5-8,20H,3-4H2,1-2H3,(H,22,25)(H,23,24)/b12-7+. The smallest absolute Gasteiger partial charge is 0.303 e. The lowest BCUT2D eigenvalue weighted by molar-refractivity contribution is -0.137. The van der Waals surface area contributed by atoms with Gasteiger partial charge in [-0.25, -0.2) is 15.4 Å². The molecule has 3 N–H and O–H groups in total. The van der Waals surface area contributed by atoms with E-state index in [1.54, 1.807) is 18.3 Å². The van der Waals surface area contributed by atoms with Crippen LogP contribution in [0.15, 0.2) is 29.3 Å². The van der Waals surface area contributed by atoms with Gasteiger partial charge in [0.05, 0.1) is 11.3 Å². The van der Waals surface area contributed by atoms with Crippen LogP contribution in [0.25, 0.3) is 6.08 Å². The molecule has 3 heterocycles. The number of hydrazone groups is 1. The van der Waals surface area contributed by atoms with Gasteiger partial charge < -0.3 is 10.1 Å². The Morgan fingerprint density at radius 1 is 1.36 bits per heavy atom. The van der Waals surface area contributed by atoms with Crippen molar-refractivity contribution in [3.05, 3.63) is 52.4 Å². The topological polar surface area (TPSA) is 120 Å². The summed E-state index contributed by atoms with van der Waals surface area (Å²) in [5, 5.41) is 12.9. The fourth-order valence-corrected chi connectivity index (χ4v) is 2.81. The van der Waals surface area contributed by atoms with E-state index in [1.807, 2.05) is 13.8 Å². The van der Waals surface area contributed by atoms with E-state index >= 15 is 0 Å². The molecular formula is C17H17N5O3. The number of H-pyrrole nitrogens is 1. The average Bonchev–Trinajstić information content (AvgIpc) is 3.07. The van der Waals surface area contributed by atoms with Crippen LogP contribution in [0.2, 0.25) is 0 Å². The quantitative estimate of drug-likeness (QED) is 0.710. The van der Waals surface area contributed by atoms with E-state index in [1.165, 1.54) is 6.33 Å². The number of aliphatic carboxylic acids is 1. The molecule has 0 atom stereocenters. The third-order valence-electron chi connectivity index (χ3n) is 4.10. The summed E-state index contributed by atoms with van der Waals surface area (Å²) in [6.07, 6.45) is 5.19. The van der Waals surface area contributed by atoms with Crippen molar-refractivity contribution in [3.63, 3.8) is 0 Å². The van der Waals surface area contributed by atoms with E-state index in [-0.39, 0.29) is 12.3 Å². The van der Waals surface area contributed by atoms with E-state index < -0.39 is 5.97 Å². The normalized spacial score (nSPS) is 15.4. The SMILES string of the molecule is Cc1[nH]c(/C=C2/C(=O)NN=C2c2ccncn2)c(C)c1CCC(=O)O. The van der Waals surface area contributed by atoms with Gasteiger partial charge in [-0.1, -0.05) is 0 Å². The summed E-state index contributed by atoms with van der Waals surface area (Å²) in [5.41, 5.74) is 7.37. The molecule has 0 saturated carbocycles. The van der Waals surface area contributed by atoms with Crippen LogP contribution in [0.1, 0.15) is 34.6 Å². The minimum atomic E-state index is -0.840. The van der Waals surface area contributed by atoms with Gasteiger partial charge in [-0.05, 0) is 43.5 Å². The molecule has 1 aliphatic rings. The number of aromatic nitrogens is 3. The van der Waals surface area contributed by atoms with Crippen molar-refractivity contribution in [1.82, 2.24) is 20.4 Å². The molecule has 8 heteroatoms. The average molecular weight is 339 g/mol. The number of nitrogens with one attached hydrogen (secondary N) is 2. The molecule has 3 rings (SSSR count). The Hall–Kier alpha value is -3.29. The summed E-state index contributed by atoms with van der Waals surface area (Å²) in [5.74, 6) is -1.15. The monoisotopic (exact) mass is 339 g/mol. The number of nitrogens with zero attached hydrogens (tertiary/aromatic N) is 3. The summed E-state index contributed by atoms with van der Waals surface area (Å²) in [7, 11) is 0. The van der Waals surface area contributed by atoms with Gasteiger partial charge in [-0.15, -0.1) is 0 Å². The summed E-state index contributed by atoms with van der Waals surface area (Å²) in [6.45, 7) is 3.79. The number of carboxylic acid groups (broad SMARTS) is 1. The van der Waals surface area contributed by atoms with Crippen LogP contribution >= 0.6 is 0 Å². The number of hydrogen-bond donors (Lipinski definition) is 3. The predicted molar refractivity (Wildman–Crippen MR) is 90.9 cm³/mol. The zero-order chi connectivity index (χ0) is 18.0. The first-order valence-electron chi connectivity index (χ1n) is 7.73. The zero-order valence-corrected chi connectivity index (χ0v) is 13.8. The fourth-order valence-electron chi connectivity index (χ4n) is 2.81. The molecule has 0 aliphatic carbocycles. The first kappa shape index (κ1) is 16.6. The van der Waals surface area contributed by atoms with Gasteiger partial charge in [0, 0.05) is 24.0 Å². The Morgan fingerprint density at radius 3 is 2.84 bits per heavy atom. The van der Waals surface area contributed by atoms with Crippen molar-refractivity contribution in [3.8, 4) is 0 Å². The van der Waals surface area contributed by atoms with Gasteiger partial charge in [0.2, 0.25) is 0 Å². The van der Waals surface area contributed by atoms with Gasteiger partial charge in [0.15, 0.2) is 0 Å². The van der Waals surface area contributed by atoms with Crippen LogP contribution in [-0.4, -0.2) is 37.6 Å². The molecule has 2 aromatic rings. The predicted octanol–water partition coefficient (Wildman–Crippen LogP) is 1.36. The third-order valence-corrected chi connectivity index (χ3v) is 4.10. The summed E-state index contributed by atoms with van der Waals surface area (Å²) in [4.78, 5) is 34.2. The number of aromatic amines is 1. The molecule has 0 radical (unpaired) electrons. The van der Waals surface area contributed by atoms with Crippen LogP contribution in [0.3, 0.4) is 0 Å². The number of carbonyl (C=O) groups is 2. The highest BCUT2D eigenvalue weighted by Crippen LogP contribution is 2.23. The fraction of sp³-hybridized carbons (Fsp3) is 0.235. The summed E-state index contributed by atoms with van der Waals surface area (Å²) in [6, 6.07) is 1.68. The summed E-state index contributed by atoms with van der Waals surface area (Å²) < 4.78 is 0. The van der Waals surface area contributed by atoms with Gasteiger partial charge in [-0.3, -0.25) is 9.59 Å². The number of hydrogen-bond acceptors (Lipinski definition) is 5. The molecule has 1 amide bonds. The van der Waals surface area contributed by atoms with Crippen molar-refractivity contribution in [1.29, 1.82) is 0 Å².